The van der Waals surface area contributed by atoms with Gasteiger partial charge in [-0.1, -0.05) is 12.1 Å². The molecule has 1 atom stereocenters. The SMILES string of the molecule is Cl.O=C(Nc1cccc(COc2ccc3c(c2)OCO3)c1)C1CC(F)(F)CN1. The molecule has 0 saturated carbocycles. The van der Waals surface area contributed by atoms with Gasteiger partial charge in [0.2, 0.25) is 12.7 Å². The first-order chi connectivity index (χ1) is 13.0. The minimum Gasteiger partial charge on any atom is -0.489 e. The third-order valence-electron chi connectivity index (χ3n) is 4.37. The molecular formula is C19H19ClF2N2O4. The van der Waals surface area contributed by atoms with Crippen molar-refractivity contribution in [2.45, 2.75) is 25.0 Å². The van der Waals surface area contributed by atoms with E-state index in [2.05, 4.69) is 10.6 Å². The van der Waals surface area contributed by atoms with Crippen molar-refractivity contribution in [1.29, 1.82) is 0 Å². The number of alkyl halides is 2. The summed E-state index contributed by atoms with van der Waals surface area (Å²) in [6.07, 6.45) is -0.494. The number of hydrogen-bond donors (Lipinski definition) is 2. The predicted octanol–water partition coefficient (Wildman–Crippen LogP) is 3.35. The van der Waals surface area contributed by atoms with Gasteiger partial charge in [-0.05, 0) is 29.8 Å². The topological polar surface area (TPSA) is 68.8 Å². The molecule has 2 aliphatic heterocycles. The van der Waals surface area contributed by atoms with Crippen LogP contribution in [0.1, 0.15) is 12.0 Å². The Morgan fingerprint density at radius 2 is 2.04 bits per heavy atom. The van der Waals surface area contributed by atoms with E-state index in [0.717, 1.165) is 5.56 Å². The van der Waals surface area contributed by atoms with E-state index >= 15 is 0 Å². The molecule has 0 aliphatic carbocycles. The van der Waals surface area contributed by atoms with Crippen molar-refractivity contribution in [3.8, 4) is 17.2 Å². The van der Waals surface area contributed by atoms with E-state index in [4.69, 9.17) is 14.2 Å². The molecule has 0 bridgehead atoms. The van der Waals surface area contributed by atoms with Gasteiger partial charge in [-0.15, -0.1) is 12.4 Å². The monoisotopic (exact) mass is 412 g/mol. The first-order valence-corrected chi connectivity index (χ1v) is 8.52. The lowest BCUT2D eigenvalue weighted by molar-refractivity contribution is -0.118. The Morgan fingerprint density at radius 1 is 1.21 bits per heavy atom. The lowest BCUT2D eigenvalue weighted by Gasteiger charge is -2.12. The maximum absolute atomic E-state index is 13.2. The Morgan fingerprint density at radius 3 is 2.82 bits per heavy atom. The summed E-state index contributed by atoms with van der Waals surface area (Å²) >= 11 is 0. The molecule has 0 spiro atoms. The van der Waals surface area contributed by atoms with Crippen LogP contribution in [0.2, 0.25) is 0 Å². The van der Waals surface area contributed by atoms with E-state index in [9.17, 15) is 13.6 Å². The van der Waals surface area contributed by atoms with Crippen LogP contribution in [0.3, 0.4) is 0 Å². The Labute approximate surface area is 166 Å². The van der Waals surface area contributed by atoms with Gasteiger partial charge in [-0.3, -0.25) is 10.1 Å². The van der Waals surface area contributed by atoms with Crippen molar-refractivity contribution in [2.75, 3.05) is 18.7 Å². The van der Waals surface area contributed by atoms with E-state index < -0.39 is 30.8 Å². The third-order valence-corrected chi connectivity index (χ3v) is 4.37. The molecule has 1 unspecified atom stereocenters. The second-order valence-corrected chi connectivity index (χ2v) is 6.49. The van der Waals surface area contributed by atoms with E-state index in [0.29, 0.717) is 22.9 Å². The van der Waals surface area contributed by atoms with Gasteiger partial charge in [0.25, 0.3) is 5.92 Å². The van der Waals surface area contributed by atoms with Crippen LogP contribution in [0.4, 0.5) is 14.5 Å². The number of carbonyl (C=O) groups excluding carboxylic acids is 1. The second kappa shape index (κ2) is 8.20. The molecule has 9 heteroatoms. The number of ether oxygens (including phenoxy) is 3. The molecule has 0 aromatic heterocycles. The van der Waals surface area contributed by atoms with E-state index in [-0.39, 0.29) is 25.8 Å². The van der Waals surface area contributed by atoms with Crippen molar-refractivity contribution in [2.24, 2.45) is 0 Å². The highest BCUT2D eigenvalue weighted by molar-refractivity contribution is 5.95. The Balaban J connectivity index is 0.00000225. The van der Waals surface area contributed by atoms with Crippen LogP contribution in [0.15, 0.2) is 42.5 Å². The lowest BCUT2D eigenvalue weighted by atomic mass is 10.1. The number of rotatable bonds is 5. The molecule has 1 amide bonds. The molecule has 1 saturated heterocycles. The quantitative estimate of drug-likeness (QED) is 0.788. The first-order valence-electron chi connectivity index (χ1n) is 8.52. The van der Waals surface area contributed by atoms with Crippen molar-refractivity contribution in [3.05, 3.63) is 48.0 Å². The molecule has 150 valence electrons. The van der Waals surface area contributed by atoms with Crippen LogP contribution in [0, 0.1) is 0 Å². The van der Waals surface area contributed by atoms with E-state index in [1.807, 2.05) is 6.07 Å². The molecule has 2 aromatic rings. The first kappa shape index (κ1) is 20.2. The summed E-state index contributed by atoms with van der Waals surface area (Å²) in [4.78, 5) is 12.1. The number of amides is 1. The van der Waals surface area contributed by atoms with Crippen LogP contribution in [-0.2, 0) is 11.4 Å². The van der Waals surface area contributed by atoms with Crippen molar-refractivity contribution in [3.63, 3.8) is 0 Å². The molecule has 1 fully saturated rings. The highest BCUT2D eigenvalue weighted by Crippen LogP contribution is 2.35. The van der Waals surface area contributed by atoms with Crippen LogP contribution < -0.4 is 24.8 Å². The van der Waals surface area contributed by atoms with Gasteiger partial charge >= 0.3 is 0 Å². The maximum atomic E-state index is 13.2. The molecule has 2 heterocycles. The number of benzene rings is 2. The molecule has 6 nitrogen and oxygen atoms in total. The number of carbonyl (C=O) groups is 1. The molecule has 2 aliphatic rings. The van der Waals surface area contributed by atoms with E-state index in [1.165, 1.54) is 0 Å². The summed E-state index contributed by atoms with van der Waals surface area (Å²) < 4.78 is 42.8. The smallest absolute Gasteiger partial charge is 0.262 e. The zero-order valence-corrected chi connectivity index (χ0v) is 15.6. The van der Waals surface area contributed by atoms with Gasteiger partial charge in [0, 0.05) is 18.2 Å². The van der Waals surface area contributed by atoms with Crippen LogP contribution >= 0.6 is 12.4 Å². The molecule has 0 radical (unpaired) electrons. The fourth-order valence-electron chi connectivity index (χ4n) is 3.00. The minimum absolute atomic E-state index is 0. The average molecular weight is 413 g/mol. The fraction of sp³-hybridized carbons (Fsp3) is 0.316. The Hall–Kier alpha value is -2.58. The largest absolute Gasteiger partial charge is 0.489 e. The zero-order valence-electron chi connectivity index (χ0n) is 14.7. The van der Waals surface area contributed by atoms with Crippen LogP contribution in [0.25, 0.3) is 0 Å². The van der Waals surface area contributed by atoms with Crippen molar-refractivity contribution >= 4 is 24.0 Å². The summed E-state index contributed by atoms with van der Waals surface area (Å²) in [6.45, 7) is -0.0000830. The number of hydrogen-bond acceptors (Lipinski definition) is 5. The van der Waals surface area contributed by atoms with E-state index in [1.54, 1.807) is 36.4 Å². The summed E-state index contributed by atoms with van der Waals surface area (Å²) in [6, 6.07) is 11.5. The van der Waals surface area contributed by atoms with Crippen molar-refractivity contribution in [1.82, 2.24) is 5.32 Å². The molecular weight excluding hydrogens is 394 g/mol. The van der Waals surface area contributed by atoms with Gasteiger partial charge < -0.3 is 19.5 Å². The number of anilines is 1. The average Bonchev–Trinajstić information content (AvgIpc) is 3.25. The molecule has 28 heavy (non-hydrogen) atoms. The predicted molar refractivity (Wildman–Crippen MR) is 101 cm³/mol. The highest BCUT2D eigenvalue weighted by Gasteiger charge is 2.42. The van der Waals surface area contributed by atoms with Gasteiger partial charge in [0.15, 0.2) is 11.5 Å². The minimum atomic E-state index is -2.84. The second-order valence-electron chi connectivity index (χ2n) is 6.49. The summed E-state index contributed by atoms with van der Waals surface area (Å²) in [7, 11) is 0. The molecule has 2 aromatic carbocycles. The summed E-state index contributed by atoms with van der Waals surface area (Å²) in [5.41, 5.74) is 1.36. The standard InChI is InChI=1S/C19H18F2N2O4.ClH/c20-19(21)8-15(22-10-19)18(24)23-13-3-1-2-12(6-13)9-25-14-4-5-16-17(7-14)27-11-26-16;/h1-7,15,22H,8-11H2,(H,23,24);1H. The number of nitrogens with one attached hydrogen (secondary N) is 2. The maximum Gasteiger partial charge on any atom is 0.262 e. The fourth-order valence-corrected chi connectivity index (χ4v) is 3.00. The molecule has 2 N–H and O–H groups in total. The summed E-state index contributed by atoms with van der Waals surface area (Å²) in [5.74, 6) is -1.37. The van der Waals surface area contributed by atoms with Crippen molar-refractivity contribution < 1.29 is 27.8 Å². The van der Waals surface area contributed by atoms with Crippen LogP contribution in [-0.4, -0.2) is 31.2 Å². The van der Waals surface area contributed by atoms with Gasteiger partial charge in [-0.25, -0.2) is 8.78 Å². The molecule has 4 rings (SSSR count). The Kier molecular flexibility index (Phi) is 5.90. The lowest BCUT2D eigenvalue weighted by Crippen LogP contribution is -2.35. The van der Waals surface area contributed by atoms with Gasteiger partial charge in [0.05, 0.1) is 12.6 Å². The highest BCUT2D eigenvalue weighted by atomic mass is 35.5. The third kappa shape index (κ3) is 4.63. The normalized spacial score (nSPS) is 19.0. The van der Waals surface area contributed by atoms with Crippen LogP contribution in [0.5, 0.6) is 17.2 Å². The van der Waals surface area contributed by atoms with Gasteiger partial charge in [-0.2, -0.15) is 0 Å². The number of halogens is 3. The zero-order chi connectivity index (χ0) is 18.9. The van der Waals surface area contributed by atoms with Gasteiger partial charge in [0.1, 0.15) is 12.4 Å². The Bertz CT molecular complexity index is 866. The summed E-state index contributed by atoms with van der Waals surface area (Å²) in [5, 5.41) is 5.21. The number of fused-ring (bicyclic) bond motifs is 1.